The van der Waals surface area contributed by atoms with Gasteiger partial charge >= 0.3 is 0 Å². The summed E-state index contributed by atoms with van der Waals surface area (Å²) in [7, 11) is 0. The number of nitrogens with two attached hydrogens (primary N) is 2. The second-order valence-corrected chi connectivity index (χ2v) is 9.90. The molecule has 0 aromatic carbocycles. The number of aliphatic hydroxyl groups excluding tert-OH is 2. The fraction of sp³-hybridized carbons (Fsp3) is 1.00. The van der Waals surface area contributed by atoms with Gasteiger partial charge in [-0.1, -0.05) is 41.5 Å². The molecular formula is C21H42N2O2. The van der Waals surface area contributed by atoms with Crippen molar-refractivity contribution in [1.29, 1.82) is 0 Å². The molecule has 0 spiro atoms. The van der Waals surface area contributed by atoms with Crippen molar-refractivity contribution >= 4 is 0 Å². The van der Waals surface area contributed by atoms with Crippen molar-refractivity contribution in [2.24, 2.45) is 58.8 Å². The second kappa shape index (κ2) is 8.24. The third kappa shape index (κ3) is 4.23. The highest BCUT2D eigenvalue weighted by molar-refractivity contribution is 5.00. The summed E-state index contributed by atoms with van der Waals surface area (Å²) in [5, 5.41) is 20.8. The minimum Gasteiger partial charge on any atom is -0.391 e. The van der Waals surface area contributed by atoms with Gasteiger partial charge < -0.3 is 21.7 Å². The zero-order valence-corrected chi connectivity index (χ0v) is 17.1. The van der Waals surface area contributed by atoms with E-state index in [0.717, 1.165) is 12.8 Å². The third-order valence-electron chi connectivity index (χ3n) is 7.65. The zero-order valence-electron chi connectivity index (χ0n) is 17.1. The lowest BCUT2D eigenvalue weighted by molar-refractivity contribution is -0.0604. The van der Waals surface area contributed by atoms with Crippen LogP contribution in [0.5, 0.6) is 0 Å². The van der Waals surface area contributed by atoms with Gasteiger partial charge in [0.05, 0.1) is 12.2 Å². The lowest BCUT2D eigenvalue weighted by Gasteiger charge is -2.51. The molecule has 25 heavy (non-hydrogen) atoms. The predicted molar refractivity (Wildman–Crippen MR) is 104 cm³/mol. The Morgan fingerprint density at radius 3 is 1.48 bits per heavy atom. The van der Waals surface area contributed by atoms with Crippen molar-refractivity contribution in [3.8, 4) is 0 Å². The number of hydrogen-bond donors (Lipinski definition) is 4. The fourth-order valence-electron chi connectivity index (χ4n) is 5.86. The molecule has 2 fully saturated rings. The largest absolute Gasteiger partial charge is 0.391 e. The molecule has 0 aromatic heterocycles. The molecule has 2 rings (SSSR count). The van der Waals surface area contributed by atoms with Gasteiger partial charge in [0.25, 0.3) is 0 Å². The van der Waals surface area contributed by atoms with Crippen LogP contribution in [0, 0.1) is 47.3 Å². The van der Waals surface area contributed by atoms with Crippen LogP contribution in [0.3, 0.4) is 0 Å². The molecule has 6 N–H and O–H groups in total. The van der Waals surface area contributed by atoms with Gasteiger partial charge in [0, 0.05) is 12.1 Å². The van der Waals surface area contributed by atoms with E-state index in [2.05, 4.69) is 41.5 Å². The van der Waals surface area contributed by atoms with Crippen molar-refractivity contribution in [1.82, 2.24) is 0 Å². The molecule has 0 radical (unpaired) electrons. The number of hydrogen-bond acceptors (Lipinski definition) is 4. The highest BCUT2D eigenvalue weighted by Crippen LogP contribution is 2.48. The Bertz CT molecular complexity index is 396. The van der Waals surface area contributed by atoms with Crippen LogP contribution in [0.25, 0.3) is 0 Å². The van der Waals surface area contributed by atoms with Crippen LogP contribution in [0.4, 0.5) is 0 Å². The van der Waals surface area contributed by atoms with E-state index in [1.165, 1.54) is 6.42 Å². The fourth-order valence-corrected chi connectivity index (χ4v) is 5.86. The molecular weight excluding hydrogens is 312 g/mol. The Labute approximate surface area is 154 Å². The quantitative estimate of drug-likeness (QED) is 0.624. The van der Waals surface area contributed by atoms with Crippen LogP contribution in [0.15, 0.2) is 0 Å². The summed E-state index contributed by atoms with van der Waals surface area (Å²) < 4.78 is 0. The lowest BCUT2D eigenvalue weighted by atomic mass is 9.56. The first-order valence-corrected chi connectivity index (χ1v) is 10.4. The molecule has 10 atom stereocenters. The lowest BCUT2D eigenvalue weighted by Crippen LogP contribution is -2.56. The Kier molecular flexibility index (Phi) is 6.97. The van der Waals surface area contributed by atoms with Crippen LogP contribution in [0.2, 0.25) is 0 Å². The minimum atomic E-state index is -0.391. The average Bonchev–Trinajstić information content (AvgIpc) is 2.55. The average molecular weight is 355 g/mol. The number of rotatable bonds is 4. The van der Waals surface area contributed by atoms with Crippen molar-refractivity contribution in [2.45, 2.75) is 85.1 Å². The van der Waals surface area contributed by atoms with E-state index in [4.69, 9.17) is 11.5 Å². The van der Waals surface area contributed by atoms with Crippen LogP contribution in [-0.4, -0.2) is 34.5 Å². The van der Waals surface area contributed by atoms with Gasteiger partial charge in [-0.25, -0.2) is 0 Å². The molecule has 10 unspecified atom stereocenters. The Morgan fingerprint density at radius 1 is 0.800 bits per heavy atom. The minimum absolute atomic E-state index is 0.140. The number of aliphatic hydroxyl groups is 2. The molecule has 2 aliphatic rings. The van der Waals surface area contributed by atoms with Gasteiger partial charge in [0.2, 0.25) is 0 Å². The summed E-state index contributed by atoms with van der Waals surface area (Å²) in [6, 6.07) is -0.280. The van der Waals surface area contributed by atoms with E-state index in [-0.39, 0.29) is 23.9 Å². The summed E-state index contributed by atoms with van der Waals surface area (Å²) in [4.78, 5) is 0. The van der Waals surface area contributed by atoms with Gasteiger partial charge in [0.1, 0.15) is 0 Å². The highest BCUT2D eigenvalue weighted by Gasteiger charge is 2.47. The van der Waals surface area contributed by atoms with E-state index >= 15 is 0 Å². The molecule has 0 saturated heterocycles. The van der Waals surface area contributed by atoms with Crippen LogP contribution in [-0.2, 0) is 0 Å². The molecule has 2 saturated carbocycles. The summed E-state index contributed by atoms with van der Waals surface area (Å²) in [6.45, 7) is 13.3. The standard InChI is InChI=1S/C21H42N2O2/c1-10(2)7-17(15-8-11(3)20(24)18(22)13(15)5)16-9-12(4)21(25)19(23)14(16)6/h10-21,24-25H,7-9,22-23H2,1-6H3. The first-order valence-electron chi connectivity index (χ1n) is 10.4. The topological polar surface area (TPSA) is 92.5 Å². The van der Waals surface area contributed by atoms with Crippen LogP contribution < -0.4 is 11.5 Å². The normalized spacial score (nSPS) is 50.0. The van der Waals surface area contributed by atoms with Crippen molar-refractivity contribution < 1.29 is 10.2 Å². The van der Waals surface area contributed by atoms with Gasteiger partial charge in [-0.2, -0.15) is 0 Å². The first-order chi connectivity index (χ1) is 11.6. The molecule has 4 nitrogen and oxygen atoms in total. The summed E-state index contributed by atoms with van der Waals surface area (Å²) in [5.41, 5.74) is 12.8. The monoisotopic (exact) mass is 354 g/mol. The van der Waals surface area contributed by atoms with Gasteiger partial charge in [0.15, 0.2) is 0 Å². The molecule has 2 aliphatic carbocycles. The molecule has 0 bridgehead atoms. The summed E-state index contributed by atoms with van der Waals surface area (Å²) >= 11 is 0. The van der Waals surface area contributed by atoms with E-state index in [9.17, 15) is 10.2 Å². The molecule has 4 heteroatoms. The van der Waals surface area contributed by atoms with Crippen LogP contribution >= 0.6 is 0 Å². The van der Waals surface area contributed by atoms with E-state index in [1.54, 1.807) is 0 Å². The maximum Gasteiger partial charge on any atom is 0.0719 e. The van der Waals surface area contributed by atoms with Crippen LogP contribution in [0.1, 0.15) is 60.8 Å². The molecule has 148 valence electrons. The summed E-state index contributed by atoms with van der Waals surface area (Å²) in [6.07, 6.45) is 2.48. The second-order valence-electron chi connectivity index (χ2n) is 9.90. The Morgan fingerprint density at radius 2 is 1.16 bits per heavy atom. The SMILES string of the molecule is CC(C)CC(C1CC(C)C(O)C(N)C1C)C1CC(C)C(O)C(N)C1C. The highest BCUT2D eigenvalue weighted by atomic mass is 16.3. The van der Waals surface area contributed by atoms with Crippen molar-refractivity contribution in [2.75, 3.05) is 0 Å². The summed E-state index contributed by atoms with van der Waals surface area (Å²) in [5.74, 6) is 3.38. The van der Waals surface area contributed by atoms with Gasteiger partial charge in [-0.3, -0.25) is 0 Å². The Balaban J connectivity index is 2.29. The third-order valence-corrected chi connectivity index (χ3v) is 7.65. The molecule has 0 amide bonds. The maximum absolute atomic E-state index is 10.4. The van der Waals surface area contributed by atoms with E-state index in [1.807, 2.05) is 0 Å². The first kappa shape index (κ1) is 21.1. The van der Waals surface area contributed by atoms with E-state index in [0.29, 0.717) is 35.5 Å². The predicted octanol–water partition coefficient (Wildman–Crippen LogP) is 2.61. The van der Waals surface area contributed by atoms with E-state index < -0.39 is 12.2 Å². The molecule has 0 heterocycles. The van der Waals surface area contributed by atoms with Crippen molar-refractivity contribution in [3.05, 3.63) is 0 Å². The van der Waals surface area contributed by atoms with Crippen molar-refractivity contribution in [3.63, 3.8) is 0 Å². The Hall–Kier alpha value is -0.160. The van der Waals surface area contributed by atoms with Gasteiger partial charge in [-0.15, -0.1) is 0 Å². The molecule has 0 aromatic rings. The maximum atomic E-state index is 10.4. The zero-order chi connectivity index (χ0) is 19.0. The van der Waals surface area contributed by atoms with Gasteiger partial charge in [-0.05, 0) is 66.6 Å². The molecule has 0 aliphatic heterocycles. The smallest absolute Gasteiger partial charge is 0.0719 e.